The van der Waals surface area contributed by atoms with E-state index in [2.05, 4.69) is 6.08 Å². The molecule has 1 saturated carbocycles. The Bertz CT molecular complexity index is 500. The zero-order valence-corrected chi connectivity index (χ0v) is 15.2. The molecule has 0 spiro atoms. The minimum Gasteiger partial charge on any atom is -0.481 e. The Morgan fingerprint density at radius 1 is 1.24 bits per heavy atom. The molecule has 0 bridgehead atoms. The molecule has 0 radical (unpaired) electrons. The van der Waals surface area contributed by atoms with Gasteiger partial charge in [-0.3, -0.25) is 9.59 Å². The number of aliphatic hydroxyl groups excluding tert-OH is 1. The van der Waals surface area contributed by atoms with Gasteiger partial charge in [0.15, 0.2) is 0 Å². The summed E-state index contributed by atoms with van der Waals surface area (Å²) in [6.45, 7) is 0. The number of hydrogen-bond donors (Lipinski definition) is 2. The van der Waals surface area contributed by atoms with Crippen LogP contribution in [0.1, 0.15) is 77.0 Å². The minimum absolute atomic E-state index is 0.0331. The van der Waals surface area contributed by atoms with Crippen LogP contribution in [0.25, 0.3) is 0 Å². The first-order valence-corrected chi connectivity index (χ1v) is 9.84. The van der Waals surface area contributed by atoms with Gasteiger partial charge >= 0.3 is 5.97 Å². The molecule has 0 saturated heterocycles. The molecule has 2 N–H and O–H groups in total. The van der Waals surface area contributed by atoms with Gasteiger partial charge in [-0.15, -0.1) is 0 Å². The Kier molecular flexibility index (Phi) is 8.39. The lowest BCUT2D eigenvalue weighted by atomic mass is 9.82. The van der Waals surface area contributed by atoms with Crippen molar-refractivity contribution in [2.75, 3.05) is 0 Å². The number of rotatable bonds is 10. The number of carboxylic acids is 1. The third-order valence-electron chi connectivity index (χ3n) is 5.62. The van der Waals surface area contributed by atoms with Gasteiger partial charge in [-0.25, -0.2) is 0 Å². The first-order chi connectivity index (χ1) is 12.1. The van der Waals surface area contributed by atoms with Gasteiger partial charge in [-0.05, 0) is 50.9 Å². The summed E-state index contributed by atoms with van der Waals surface area (Å²) in [4.78, 5) is 22.6. The van der Waals surface area contributed by atoms with Crippen molar-refractivity contribution in [1.82, 2.24) is 0 Å². The van der Waals surface area contributed by atoms with E-state index in [0.29, 0.717) is 25.2 Å². The lowest BCUT2D eigenvalue weighted by Crippen LogP contribution is -2.23. The third kappa shape index (κ3) is 6.77. The molecule has 4 nitrogen and oxygen atoms in total. The van der Waals surface area contributed by atoms with Crippen LogP contribution in [-0.4, -0.2) is 28.1 Å². The van der Waals surface area contributed by atoms with Crippen LogP contribution in [0.15, 0.2) is 23.8 Å². The Balaban J connectivity index is 1.72. The number of carbonyl (C=O) groups is 2. The summed E-state index contributed by atoms with van der Waals surface area (Å²) < 4.78 is 0. The van der Waals surface area contributed by atoms with Gasteiger partial charge < -0.3 is 10.2 Å². The van der Waals surface area contributed by atoms with E-state index >= 15 is 0 Å². The normalized spacial score (nSPS) is 23.2. The number of hydrogen-bond acceptors (Lipinski definition) is 3. The summed E-state index contributed by atoms with van der Waals surface area (Å²) in [7, 11) is 0. The van der Waals surface area contributed by atoms with E-state index in [-0.39, 0.29) is 24.2 Å². The smallest absolute Gasteiger partial charge is 0.303 e. The van der Waals surface area contributed by atoms with Crippen LogP contribution in [0.3, 0.4) is 0 Å². The van der Waals surface area contributed by atoms with Gasteiger partial charge in [0.25, 0.3) is 0 Å². The lowest BCUT2D eigenvalue weighted by Gasteiger charge is -2.27. The molecule has 25 heavy (non-hydrogen) atoms. The summed E-state index contributed by atoms with van der Waals surface area (Å²) in [6.07, 6.45) is 16.3. The maximum atomic E-state index is 12.1. The highest BCUT2D eigenvalue weighted by Gasteiger charge is 2.28. The fraction of sp³-hybridized carbons (Fsp3) is 0.714. The van der Waals surface area contributed by atoms with E-state index in [4.69, 9.17) is 5.11 Å². The van der Waals surface area contributed by atoms with Crippen LogP contribution >= 0.6 is 0 Å². The number of carbonyl (C=O) groups excluding carboxylic acids is 1. The van der Waals surface area contributed by atoms with Crippen molar-refractivity contribution >= 4 is 11.8 Å². The average Bonchev–Trinajstić information content (AvgIpc) is 2.96. The van der Waals surface area contributed by atoms with Crippen LogP contribution < -0.4 is 0 Å². The van der Waals surface area contributed by atoms with Gasteiger partial charge in [0, 0.05) is 18.8 Å². The Labute approximate surface area is 151 Å². The number of carboxylic acid groups (broad SMARTS) is 1. The monoisotopic (exact) mass is 348 g/mol. The van der Waals surface area contributed by atoms with Gasteiger partial charge in [0.1, 0.15) is 5.78 Å². The largest absolute Gasteiger partial charge is 0.481 e. The first kappa shape index (κ1) is 19.9. The molecule has 1 fully saturated rings. The van der Waals surface area contributed by atoms with Crippen LogP contribution in [-0.2, 0) is 9.59 Å². The summed E-state index contributed by atoms with van der Waals surface area (Å²) in [5, 5.41) is 19.0. The van der Waals surface area contributed by atoms with Gasteiger partial charge in [0.2, 0.25) is 0 Å². The number of ketones is 1. The van der Waals surface area contributed by atoms with E-state index in [1.165, 1.54) is 24.8 Å². The molecule has 2 aliphatic rings. The van der Waals surface area contributed by atoms with Gasteiger partial charge in [-0.1, -0.05) is 43.1 Å². The first-order valence-electron chi connectivity index (χ1n) is 9.84. The Hall–Kier alpha value is -1.42. The molecule has 0 aromatic heterocycles. The third-order valence-corrected chi connectivity index (χ3v) is 5.62. The van der Waals surface area contributed by atoms with E-state index < -0.39 is 5.97 Å². The molecule has 2 rings (SSSR count). The van der Waals surface area contributed by atoms with Crippen LogP contribution in [0.2, 0.25) is 0 Å². The maximum Gasteiger partial charge on any atom is 0.303 e. The summed E-state index contributed by atoms with van der Waals surface area (Å²) in [5.41, 5.74) is 1.19. The van der Waals surface area contributed by atoms with Gasteiger partial charge in [-0.2, -0.15) is 0 Å². The van der Waals surface area contributed by atoms with Crippen molar-refractivity contribution in [3.63, 3.8) is 0 Å². The van der Waals surface area contributed by atoms with Crippen molar-refractivity contribution in [3.05, 3.63) is 23.8 Å². The fourth-order valence-electron chi connectivity index (χ4n) is 4.07. The van der Waals surface area contributed by atoms with Gasteiger partial charge in [0.05, 0.1) is 6.10 Å². The standard InChI is InChI=1S/C21H32O4/c22-19(17-8-4-3-5-9-17)14-12-16-13-15-20(23)18(16)10-6-1-2-7-11-21(24)25/h1,6,13,17-19,22H,2-5,7-12,14-15H2,(H,24,25)/b6-1-/t18-,19?/m1/s1. The second-order valence-electron chi connectivity index (χ2n) is 7.50. The molecule has 4 heteroatoms. The molecule has 0 aliphatic heterocycles. The molecular weight excluding hydrogens is 316 g/mol. The Morgan fingerprint density at radius 2 is 2.00 bits per heavy atom. The highest BCUT2D eigenvalue weighted by atomic mass is 16.4. The highest BCUT2D eigenvalue weighted by molar-refractivity contribution is 5.88. The molecule has 2 aliphatic carbocycles. The molecular formula is C21H32O4. The number of Topliss-reactive ketones (excluding diaryl/α,β-unsaturated/α-hetero) is 1. The quantitative estimate of drug-likeness (QED) is 0.452. The predicted molar refractivity (Wildman–Crippen MR) is 98.3 cm³/mol. The van der Waals surface area contributed by atoms with Crippen molar-refractivity contribution in [1.29, 1.82) is 0 Å². The summed E-state index contributed by atoms with van der Waals surface area (Å²) in [6, 6.07) is 0. The minimum atomic E-state index is -0.763. The lowest BCUT2D eigenvalue weighted by molar-refractivity contribution is -0.137. The van der Waals surface area contributed by atoms with E-state index in [9.17, 15) is 14.7 Å². The van der Waals surface area contributed by atoms with E-state index in [0.717, 1.165) is 32.1 Å². The molecule has 0 heterocycles. The molecule has 2 atom stereocenters. The van der Waals surface area contributed by atoms with Crippen LogP contribution in [0, 0.1) is 11.8 Å². The average molecular weight is 348 g/mol. The number of aliphatic carboxylic acids is 1. The van der Waals surface area contributed by atoms with Crippen molar-refractivity contribution in [2.45, 2.75) is 83.2 Å². The topological polar surface area (TPSA) is 74.6 Å². The zero-order chi connectivity index (χ0) is 18.1. The molecule has 0 aromatic rings. The van der Waals surface area contributed by atoms with E-state index in [1.807, 2.05) is 12.2 Å². The van der Waals surface area contributed by atoms with Crippen molar-refractivity contribution < 1.29 is 19.8 Å². The summed E-state index contributed by atoms with van der Waals surface area (Å²) >= 11 is 0. The fourth-order valence-corrected chi connectivity index (χ4v) is 4.07. The highest BCUT2D eigenvalue weighted by Crippen LogP contribution is 2.33. The number of unbranched alkanes of at least 4 members (excludes halogenated alkanes) is 1. The molecule has 140 valence electrons. The molecule has 0 amide bonds. The number of allylic oxidation sites excluding steroid dienone is 4. The van der Waals surface area contributed by atoms with Crippen LogP contribution in [0.4, 0.5) is 0 Å². The maximum absolute atomic E-state index is 12.1. The number of aliphatic hydroxyl groups is 1. The van der Waals surface area contributed by atoms with Crippen LogP contribution in [0.5, 0.6) is 0 Å². The predicted octanol–water partition coefficient (Wildman–Crippen LogP) is 4.42. The second-order valence-corrected chi connectivity index (χ2v) is 7.50. The SMILES string of the molecule is O=C(O)CCC/C=C\C[C@H]1C(=O)CC=C1CCC(O)C1CCCCC1. The van der Waals surface area contributed by atoms with Crippen molar-refractivity contribution in [3.8, 4) is 0 Å². The zero-order valence-electron chi connectivity index (χ0n) is 15.2. The second kappa shape index (κ2) is 10.5. The Morgan fingerprint density at radius 3 is 2.72 bits per heavy atom. The van der Waals surface area contributed by atoms with E-state index in [1.54, 1.807) is 0 Å². The molecule has 0 aromatic carbocycles. The summed E-state index contributed by atoms with van der Waals surface area (Å²) in [5.74, 6) is -0.0771. The molecule has 1 unspecified atom stereocenters. The van der Waals surface area contributed by atoms with Crippen molar-refractivity contribution in [2.24, 2.45) is 11.8 Å².